The lowest BCUT2D eigenvalue weighted by molar-refractivity contribution is -0.0513. The van der Waals surface area contributed by atoms with Crippen LogP contribution in [-0.4, -0.2) is 36.6 Å². The molecule has 0 saturated heterocycles. The molecule has 0 aliphatic carbocycles. The Bertz CT molecular complexity index is 115. The fourth-order valence-electron chi connectivity index (χ4n) is 0.740. The highest BCUT2D eigenvalue weighted by Crippen LogP contribution is 1.99. The summed E-state index contributed by atoms with van der Waals surface area (Å²) in [7, 11) is 0. The standard InChI is InChI=1S/C10H22O3/c1-5-8(2)12-6-7-13-10(4)9(3)11/h8-11H,5-7H2,1-4H3. The second kappa shape index (κ2) is 7.30. The van der Waals surface area contributed by atoms with Crippen LogP contribution in [0.25, 0.3) is 0 Å². The zero-order valence-corrected chi connectivity index (χ0v) is 9.12. The van der Waals surface area contributed by atoms with Gasteiger partial charge in [0, 0.05) is 0 Å². The Kier molecular flexibility index (Phi) is 7.23. The molecule has 80 valence electrons. The topological polar surface area (TPSA) is 38.7 Å². The maximum absolute atomic E-state index is 9.11. The lowest BCUT2D eigenvalue weighted by atomic mass is 10.3. The molecule has 13 heavy (non-hydrogen) atoms. The summed E-state index contributed by atoms with van der Waals surface area (Å²) >= 11 is 0. The van der Waals surface area contributed by atoms with E-state index in [1.807, 2.05) is 13.8 Å². The van der Waals surface area contributed by atoms with Gasteiger partial charge in [0.1, 0.15) is 0 Å². The minimum atomic E-state index is -0.413. The van der Waals surface area contributed by atoms with Crippen LogP contribution < -0.4 is 0 Å². The third kappa shape index (κ3) is 6.99. The number of aliphatic hydroxyl groups is 1. The van der Waals surface area contributed by atoms with Crippen LogP contribution in [0.1, 0.15) is 34.1 Å². The van der Waals surface area contributed by atoms with E-state index < -0.39 is 6.10 Å². The molecule has 0 fully saturated rings. The molecule has 0 radical (unpaired) electrons. The van der Waals surface area contributed by atoms with Crippen LogP contribution in [0, 0.1) is 0 Å². The number of hydrogen-bond acceptors (Lipinski definition) is 3. The van der Waals surface area contributed by atoms with Crippen LogP contribution in [0.4, 0.5) is 0 Å². The zero-order chi connectivity index (χ0) is 10.3. The Morgan fingerprint density at radius 3 is 2.08 bits per heavy atom. The van der Waals surface area contributed by atoms with Gasteiger partial charge in [0.15, 0.2) is 0 Å². The fourth-order valence-corrected chi connectivity index (χ4v) is 0.740. The third-order valence-electron chi connectivity index (χ3n) is 2.12. The van der Waals surface area contributed by atoms with Gasteiger partial charge in [-0.1, -0.05) is 6.92 Å². The molecule has 0 heterocycles. The molecule has 0 aromatic rings. The molecular weight excluding hydrogens is 168 g/mol. The first kappa shape index (κ1) is 12.9. The van der Waals surface area contributed by atoms with Crippen LogP contribution in [0.3, 0.4) is 0 Å². The van der Waals surface area contributed by atoms with E-state index in [1.54, 1.807) is 6.92 Å². The number of rotatable bonds is 7. The summed E-state index contributed by atoms with van der Waals surface area (Å²) in [4.78, 5) is 0. The minimum absolute atomic E-state index is 0.111. The van der Waals surface area contributed by atoms with E-state index in [2.05, 4.69) is 6.92 Å². The maximum Gasteiger partial charge on any atom is 0.0804 e. The van der Waals surface area contributed by atoms with Gasteiger partial charge in [0.25, 0.3) is 0 Å². The van der Waals surface area contributed by atoms with Gasteiger partial charge < -0.3 is 14.6 Å². The molecule has 1 N–H and O–H groups in total. The van der Waals surface area contributed by atoms with E-state index >= 15 is 0 Å². The monoisotopic (exact) mass is 190 g/mol. The van der Waals surface area contributed by atoms with E-state index in [9.17, 15) is 0 Å². The molecule has 0 spiro atoms. The second-order valence-electron chi connectivity index (χ2n) is 3.41. The molecule has 0 amide bonds. The molecule has 3 atom stereocenters. The normalized spacial score (nSPS) is 18.2. The lowest BCUT2D eigenvalue weighted by Gasteiger charge is -2.16. The van der Waals surface area contributed by atoms with Crippen molar-refractivity contribution in [3.8, 4) is 0 Å². The predicted molar refractivity (Wildman–Crippen MR) is 52.8 cm³/mol. The molecule has 3 unspecified atom stereocenters. The highest BCUT2D eigenvalue weighted by Gasteiger charge is 2.08. The summed E-state index contributed by atoms with van der Waals surface area (Å²) in [5.74, 6) is 0. The maximum atomic E-state index is 9.11. The van der Waals surface area contributed by atoms with Crippen molar-refractivity contribution in [2.24, 2.45) is 0 Å². The average Bonchev–Trinajstić information content (AvgIpc) is 2.11. The van der Waals surface area contributed by atoms with Gasteiger partial charge in [0.2, 0.25) is 0 Å². The van der Waals surface area contributed by atoms with Crippen molar-refractivity contribution in [2.75, 3.05) is 13.2 Å². The fraction of sp³-hybridized carbons (Fsp3) is 1.00. The van der Waals surface area contributed by atoms with Crippen molar-refractivity contribution in [3.63, 3.8) is 0 Å². The summed E-state index contributed by atoms with van der Waals surface area (Å²) in [5, 5.41) is 9.11. The Morgan fingerprint density at radius 2 is 1.62 bits per heavy atom. The largest absolute Gasteiger partial charge is 0.391 e. The molecule has 0 aliphatic rings. The van der Waals surface area contributed by atoms with Crippen molar-refractivity contribution >= 4 is 0 Å². The Labute approximate surface area is 81.0 Å². The summed E-state index contributed by atoms with van der Waals surface area (Å²) in [6, 6.07) is 0. The van der Waals surface area contributed by atoms with E-state index in [4.69, 9.17) is 14.6 Å². The van der Waals surface area contributed by atoms with Crippen LogP contribution in [0.2, 0.25) is 0 Å². The molecule has 3 nitrogen and oxygen atoms in total. The van der Waals surface area contributed by atoms with Crippen molar-refractivity contribution < 1.29 is 14.6 Å². The van der Waals surface area contributed by atoms with Crippen molar-refractivity contribution in [3.05, 3.63) is 0 Å². The van der Waals surface area contributed by atoms with Crippen molar-refractivity contribution in [2.45, 2.75) is 52.4 Å². The number of hydrogen-bond donors (Lipinski definition) is 1. The Balaban J connectivity index is 3.25. The van der Waals surface area contributed by atoms with Crippen LogP contribution in [0.15, 0.2) is 0 Å². The number of aliphatic hydroxyl groups excluding tert-OH is 1. The van der Waals surface area contributed by atoms with Gasteiger partial charge >= 0.3 is 0 Å². The van der Waals surface area contributed by atoms with Crippen LogP contribution in [-0.2, 0) is 9.47 Å². The predicted octanol–water partition coefficient (Wildman–Crippen LogP) is 1.59. The highest BCUT2D eigenvalue weighted by molar-refractivity contribution is 4.56. The second-order valence-corrected chi connectivity index (χ2v) is 3.41. The van der Waals surface area contributed by atoms with Gasteiger partial charge in [-0.3, -0.25) is 0 Å². The average molecular weight is 190 g/mol. The highest BCUT2D eigenvalue weighted by atomic mass is 16.5. The van der Waals surface area contributed by atoms with E-state index in [0.717, 1.165) is 6.42 Å². The first-order chi connectivity index (χ1) is 6.07. The van der Waals surface area contributed by atoms with Crippen LogP contribution in [0.5, 0.6) is 0 Å². The molecule has 0 rings (SSSR count). The van der Waals surface area contributed by atoms with Gasteiger partial charge in [0.05, 0.1) is 31.5 Å². The molecule has 0 bridgehead atoms. The van der Waals surface area contributed by atoms with E-state index in [-0.39, 0.29) is 6.10 Å². The van der Waals surface area contributed by atoms with E-state index in [0.29, 0.717) is 19.3 Å². The molecule has 3 heteroatoms. The minimum Gasteiger partial charge on any atom is -0.391 e. The quantitative estimate of drug-likeness (QED) is 0.620. The van der Waals surface area contributed by atoms with E-state index in [1.165, 1.54) is 0 Å². The Morgan fingerprint density at radius 1 is 1.08 bits per heavy atom. The molecule has 0 saturated carbocycles. The first-order valence-electron chi connectivity index (χ1n) is 4.99. The third-order valence-corrected chi connectivity index (χ3v) is 2.12. The molecule has 0 aromatic carbocycles. The zero-order valence-electron chi connectivity index (χ0n) is 9.12. The molecule has 0 aromatic heterocycles. The first-order valence-corrected chi connectivity index (χ1v) is 4.99. The van der Waals surface area contributed by atoms with Crippen molar-refractivity contribution in [1.29, 1.82) is 0 Å². The van der Waals surface area contributed by atoms with Gasteiger partial charge in [-0.15, -0.1) is 0 Å². The lowest BCUT2D eigenvalue weighted by Crippen LogP contribution is -2.25. The van der Waals surface area contributed by atoms with Gasteiger partial charge in [-0.2, -0.15) is 0 Å². The van der Waals surface area contributed by atoms with Gasteiger partial charge in [-0.05, 0) is 27.2 Å². The van der Waals surface area contributed by atoms with Crippen LogP contribution >= 0.6 is 0 Å². The summed E-state index contributed by atoms with van der Waals surface area (Å²) in [6.45, 7) is 8.86. The number of ether oxygens (including phenoxy) is 2. The van der Waals surface area contributed by atoms with Crippen molar-refractivity contribution in [1.82, 2.24) is 0 Å². The Hall–Kier alpha value is -0.120. The van der Waals surface area contributed by atoms with Gasteiger partial charge in [-0.25, -0.2) is 0 Å². The summed E-state index contributed by atoms with van der Waals surface area (Å²) in [6.07, 6.45) is 0.793. The molecule has 0 aliphatic heterocycles. The SMILES string of the molecule is CCC(C)OCCOC(C)C(C)O. The summed E-state index contributed by atoms with van der Waals surface area (Å²) < 4.78 is 10.7. The summed E-state index contributed by atoms with van der Waals surface area (Å²) in [5.41, 5.74) is 0. The molecular formula is C10H22O3. The smallest absolute Gasteiger partial charge is 0.0804 e.